The fourth-order valence-electron chi connectivity index (χ4n) is 3.43. The Kier molecular flexibility index (Phi) is 5.11. The van der Waals surface area contributed by atoms with Crippen molar-refractivity contribution >= 4 is 5.91 Å². The van der Waals surface area contributed by atoms with Crippen molar-refractivity contribution in [3.63, 3.8) is 0 Å². The molecule has 4 heteroatoms. The number of hydrogen-bond acceptors (Lipinski definition) is 3. The van der Waals surface area contributed by atoms with Crippen LogP contribution in [-0.2, 0) is 11.2 Å². The summed E-state index contributed by atoms with van der Waals surface area (Å²) in [4.78, 5) is 14.7. The molecule has 2 aliphatic rings. The lowest BCUT2D eigenvalue weighted by Gasteiger charge is -2.35. The highest BCUT2D eigenvalue weighted by Crippen LogP contribution is 2.22. The van der Waals surface area contributed by atoms with Gasteiger partial charge in [-0.05, 0) is 43.5 Å². The predicted molar refractivity (Wildman–Crippen MR) is 87.1 cm³/mol. The second-order valence-corrected chi connectivity index (χ2v) is 6.40. The van der Waals surface area contributed by atoms with Gasteiger partial charge >= 0.3 is 0 Å². The first kappa shape index (κ1) is 15.5. The van der Waals surface area contributed by atoms with Gasteiger partial charge in [-0.25, -0.2) is 0 Å². The molecule has 120 valence electrons. The monoisotopic (exact) mass is 302 g/mol. The minimum Gasteiger partial charge on any atom is -0.373 e. The van der Waals surface area contributed by atoms with Crippen LogP contribution in [0.2, 0.25) is 0 Å². The Morgan fingerprint density at radius 2 is 2.18 bits per heavy atom. The third-order valence-electron chi connectivity index (χ3n) is 4.71. The Hall–Kier alpha value is -1.39. The number of fused-ring (bicyclic) bond motifs is 1. The van der Waals surface area contributed by atoms with E-state index in [0.717, 1.165) is 31.6 Å². The smallest absolute Gasteiger partial charge is 0.251 e. The summed E-state index contributed by atoms with van der Waals surface area (Å²) in [5.74, 6) is -0.00445. The highest BCUT2D eigenvalue weighted by Gasteiger charge is 2.32. The molecule has 0 bridgehead atoms. The molecule has 2 heterocycles. The van der Waals surface area contributed by atoms with Crippen molar-refractivity contribution in [3.05, 3.63) is 35.4 Å². The van der Waals surface area contributed by atoms with Gasteiger partial charge in [-0.15, -0.1) is 0 Å². The van der Waals surface area contributed by atoms with E-state index < -0.39 is 0 Å². The molecule has 2 unspecified atom stereocenters. The summed E-state index contributed by atoms with van der Waals surface area (Å²) >= 11 is 0. The Bertz CT molecular complexity index is 500. The Labute approximate surface area is 132 Å². The van der Waals surface area contributed by atoms with E-state index in [2.05, 4.69) is 17.1 Å². The lowest BCUT2D eigenvalue weighted by Crippen LogP contribution is -2.50. The van der Waals surface area contributed by atoms with E-state index in [-0.39, 0.29) is 12.0 Å². The van der Waals surface area contributed by atoms with Crippen LogP contribution in [-0.4, -0.2) is 49.2 Å². The number of carbonyl (C=O) groups is 1. The molecule has 1 aromatic carbocycles. The van der Waals surface area contributed by atoms with Gasteiger partial charge in [0.2, 0.25) is 0 Å². The number of nitrogens with zero attached hydrogens (tertiary/aromatic N) is 1. The zero-order valence-electron chi connectivity index (χ0n) is 13.4. The first-order valence-electron chi connectivity index (χ1n) is 8.49. The molecule has 3 rings (SSSR count). The van der Waals surface area contributed by atoms with E-state index in [9.17, 15) is 4.79 Å². The van der Waals surface area contributed by atoms with Gasteiger partial charge in [0.1, 0.15) is 0 Å². The van der Waals surface area contributed by atoms with Crippen molar-refractivity contribution < 1.29 is 9.53 Å². The third-order valence-corrected chi connectivity index (χ3v) is 4.71. The molecule has 1 aromatic rings. The molecule has 0 radical (unpaired) electrons. The van der Waals surface area contributed by atoms with Crippen LogP contribution in [0.3, 0.4) is 0 Å². The molecular weight excluding hydrogens is 276 g/mol. The summed E-state index contributed by atoms with van der Waals surface area (Å²) < 4.78 is 5.87. The molecule has 4 nitrogen and oxygen atoms in total. The van der Waals surface area contributed by atoms with E-state index in [1.807, 2.05) is 24.3 Å². The van der Waals surface area contributed by atoms with Gasteiger partial charge in [0.15, 0.2) is 0 Å². The minimum atomic E-state index is -0.00445. The lowest BCUT2D eigenvalue weighted by atomic mass is 10.1. The van der Waals surface area contributed by atoms with Crippen LogP contribution in [0.25, 0.3) is 0 Å². The van der Waals surface area contributed by atoms with Gasteiger partial charge in [-0.2, -0.15) is 0 Å². The number of aryl methyl sites for hydroxylation is 1. The quantitative estimate of drug-likeness (QED) is 0.907. The van der Waals surface area contributed by atoms with Crippen LogP contribution in [0.1, 0.15) is 42.1 Å². The molecular formula is C18H26N2O2. The lowest BCUT2D eigenvalue weighted by molar-refractivity contribution is -0.0461. The number of rotatable bonds is 5. The second-order valence-electron chi connectivity index (χ2n) is 6.40. The van der Waals surface area contributed by atoms with E-state index in [1.54, 1.807) is 0 Å². The number of hydrogen-bond donors (Lipinski definition) is 1. The van der Waals surface area contributed by atoms with Gasteiger partial charge in [0, 0.05) is 24.7 Å². The molecule has 2 fully saturated rings. The number of nitrogens with one attached hydrogen (secondary N) is 1. The van der Waals surface area contributed by atoms with Crippen molar-refractivity contribution in [1.29, 1.82) is 0 Å². The topological polar surface area (TPSA) is 41.6 Å². The van der Waals surface area contributed by atoms with Crippen LogP contribution in [0.15, 0.2) is 24.3 Å². The molecule has 2 saturated heterocycles. The normalized spacial score (nSPS) is 25.0. The van der Waals surface area contributed by atoms with Crippen LogP contribution in [0, 0.1) is 0 Å². The molecule has 2 aliphatic heterocycles. The summed E-state index contributed by atoms with van der Waals surface area (Å²) in [5.41, 5.74) is 2.02. The third kappa shape index (κ3) is 3.68. The highest BCUT2D eigenvalue weighted by atomic mass is 16.5. The van der Waals surface area contributed by atoms with E-state index in [1.165, 1.54) is 24.9 Å². The summed E-state index contributed by atoms with van der Waals surface area (Å²) in [7, 11) is 0. The molecule has 0 spiro atoms. The maximum atomic E-state index is 12.2. The molecule has 0 saturated carbocycles. The van der Waals surface area contributed by atoms with E-state index in [4.69, 9.17) is 4.74 Å². The zero-order valence-corrected chi connectivity index (χ0v) is 13.4. The number of benzene rings is 1. The summed E-state index contributed by atoms with van der Waals surface area (Å²) in [6.07, 6.45) is 4.84. The van der Waals surface area contributed by atoms with E-state index in [0.29, 0.717) is 12.6 Å². The fraction of sp³-hybridized carbons (Fsp3) is 0.611. The first-order chi connectivity index (χ1) is 10.8. The van der Waals surface area contributed by atoms with Crippen LogP contribution >= 0.6 is 0 Å². The zero-order chi connectivity index (χ0) is 15.4. The fourth-order valence-corrected chi connectivity index (χ4v) is 3.43. The van der Waals surface area contributed by atoms with Gasteiger partial charge in [-0.3, -0.25) is 9.69 Å². The van der Waals surface area contributed by atoms with Gasteiger partial charge in [0.05, 0.1) is 12.7 Å². The molecule has 1 amide bonds. The van der Waals surface area contributed by atoms with Crippen LogP contribution in [0.5, 0.6) is 0 Å². The van der Waals surface area contributed by atoms with Crippen LogP contribution in [0.4, 0.5) is 0 Å². The van der Waals surface area contributed by atoms with Crippen molar-refractivity contribution in [2.24, 2.45) is 0 Å². The van der Waals surface area contributed by atoms with Crippen molar-refractivity contribution in [2.45, 2.75) is 44.8 Å². The van der Waals surface area contributed by atoms with E-state index >= 15 is 0 Å². The molecule has 22 heavy (non-hydrogen) atoms. The van der Waals surface area contributed by atoms with Crippen LogP contribution < -0.4 is 5.32 Å². The Balaban J connectivity index is 1.47. The molecule has 1 N–H and O–H groups in total. The maximum absolute atomic E-state index is 12.2. The Morgan fingerprint density at radius 3 is 2.95 bits per heavy atom. The SMILES string of the molecule is CCCc1ccc(C(=O)NCC2CN3CCCC3CO2)cc1. The highest BCUT2D eigenvalue weighted by molar-refractivity contribution is 5.94. The number of carbonyl (C=O) groups excluding carboxylic acids is 1. The van der Waals surface area contributed by atoms with Gasteiger partial charge in [-0.1, -0.05) is 25.5 Å². The average Bonchev–Trinajstić information content (AvgIpc) is 3.01. The largest absolute Gasteiger partial charge is 0.373 e. The Morgan fingerprint density at radius 1 is 1.36 bits per heavy atom. The summed E-state index contributed by atoms with van der Waals surface area (Å²) in [6.45, 7) is 5.69. The number of amides is 1. The summed E-state index contributed by atoms with van der Waals surface area (Å²) in [5, 5.41) is 3.01. The van der Waals surface area contributed by atoms with Crippen molar-refractivity contribution in [1.82, 2.24) is 10.2 Å². The van der Waals surface area contributed by atoms with Crippen molar-refractivity contribution in [3.8, 4) is 0 Å². The molecule has 2 atom stereocenters. The predicted octanol–water partition coefficient (Wildman–Crippen LogP) is 2.23. The maximum Gasteiger partial charge on any atom is 0.251 e. The summed E-state index contributed by atoms with van der Waals surface area (Å²) in [6, 6.07) is 8.53. The number of morpholine rings is 1. The second kappa shape index (κ2) is 7.25. The number of ether oxygens (including phenoxy) is 1. The first-order valence-corrected chi connectivity index (χ1v) is 8.49. The molecule has 0 aromatic heterocycles. The van der Waals surface area contributed by atoms with Gasteiger partial charge in [0.25, 0.3) is 5.91 Å². The molecule has 0 aliphatic carbocycles. The standard InChI is InChI=1S/C18H26N2O2/c1-2-4-14-6-8-15(9-7-14)18(21)19-11-17-12-20-10-3-5-16(20)13-22-17/h6-9,16-17H,2-5,10-13H2,1H3,(H,19,21). The average molecular weight is 302 g/mol. The van der Waals surface area contributed by atoms with Gasteiger partial charge < -0.3 is 10.1 Å². The minimum absolute atomic E-state index is 0.00445. The van der Waals surface area contributed by atoms with Crippen molar-refractivity contribution in [2.75, 3.05) is 26.2 Å².